The minimum atomic E-state index is -0.00801. The summed E-state index contributed by atoms with van der Waals surface area (Å²) in [5.74, 6) is 2.51. The Morgan fingerprint density at radius 3 is 2.58 bits per heavy atom. The lowest BCUT2D eigenvalue weighted by atomic mass is 10.3. The Kier molecular flexibility index (Phi) is 6.35. The molecule has 0 bridgehead atoms. The average molecular weight is 389 g/mol. The van der Waals surface area contributed by atoms with Crippen LogP contribution in [-0.4, -0.2) is 30.9 Å². The molecular formula is C19H20N2O3S2. The molecule has 1 amide bonds. The molecular weight excluding hydrogens is 368 g/mol. The normalized spacial score (nSPS) is 10.7. The van der Waals surface area contributed by atoms with Gasteiger partial charge in [0.15, 0.2) is 5.13 Å². The number of fused-ring (bicyclic) bond motifs is 1. The Balaban J connectivity index is 1.45. The third-order valence-electron chi connectivity index (χ3n) is 3.72. The molecule has 0 unspecified atom stereocenters. The highest BCUT2D eigenvalue weighted by Crippen LogP contribution is 2.29. The fraction of sp³-hybridized carbons (Fsp3) is 0.263. The van der Waals surface area contributed by atoms with Crippen LogP contribution in [0.25, 0.3) is 10.2 Å². The van der Waals surface area contributed by atoms with Gasteiger partial charge in [0.2, 0.25) is 5.91 Å². The number of aromatic nitrogens is 1. The Bertz CT molecular complexity index is 878. The Morgan fingerprint density at radius 1 is 1.12 bits per heavy atom. The number of rotatable bonds is 8. The van der Waals surface area contributed by atoms with Crippen molar-refractivity contribution in [1.29, 1.82) is 0 Å². The number of ether oxygens (including phenoxy) is 2. The van der Waals surface area contributed by atoms with Gasteiger partial charge in [-0.1, -0.05) is 11.3 Å². The molecule has 0 aliphatic carbocycles. The lowest BCUT2D eigenvalue weighted by Gasteiger charge is -2.04. The van der Waals surface area contributed by atoms with E-state index in [1.54, 1.807) is 26.0 Å². The first-order valence-electron chi connectivity index (χ1n) is 8.19. The molecule has 136 valence electrons. The monoisotopic (exact) mass is 388 g/mol. The number of benzene rings is 2. The van der Waals surface area contributed by atoms with E-state index >= 15 is 0 Å². The number of carbonyl (C=O) groups excluding carboxylic acids is 1. The molecule has 2 aromatic carbocycles. The van der Waals surface area contributed by atoms with Crippen molar-refractivity contribution in [3.8, 4) is 11.5 Å². The quantitative estimate of drug-likeness (QED) is 0.443. The molecule has 3 aromatic rings. The summed E-state index contributed by atoms with van der Waals surface area (Å²) in [5.41, 5.74) is 0.862. The van der Waals surface area contributed by atoms with Crippen LogP contribution in [0.5, 0.6) is 11.5 Å². The van der Waals surface area contributed by atoms with E-state index in [2.05, 4.69) is 10.3 Å². The topological polar surface area (TPSA) is 60.5 Å². The second-order valence-corrected chi connectivity index (χ2v) is 7.73. The van der Waals surface area contributed by atoms with Crippen LogP contribution in [0.1, 0.15) is 12.8 Å². The zero-order valence-electron chi connectivity index (χ0n) is 14.7. The molecule has 3 rings (SSSR count). The fourth-order valence-electron chi connectivity index (χ4n) is 2.36. The molecule has 0 aliphatic heterocycles. The van der Waals surface area contributed by atoms with E-state index in [0.29, 0.717) is 11.6 Å². The number of nitrogens with one attached hydrogen (secondary N) is 1. The molecule has 0 atom stereocenters. The fourth-order valence-corrected chi connectivity index (χ4v) is 4.13. The van der Waals surface area contributed by atoms with Gasteiger partial charge in [-0.15, -0.1) is 11.8 Å². The molecule has 26 heavy (non-hydrogen) atoms. The van der Waals surface area contributed by atoms with Gasteiger partial charge < -0.3 is 14.8 Å². The molecule has 5 nitrogen and oxygen atoms in total. The van der Waals surface area contributed by atoms with Gasteiger partial charge in [0.25, 0.3) is 0 Å². The van der Waals surface area contributed by atoms with Crippen molar-refractivity contribution in [2.24, 2.45) is 0 Å². The lowest BCUT2D eigenvalue weighted by molar-refractivity contribution is -0.116. The Labute approximate surface area is 160 Å². The van der Waals surface area contributed by atoms with Gasteiger partial charge in [0, 0.05) is 11.3 Å². The van der Waals surface area contributed by atoms with Crippen molar-refractivity contribution < 1.29 is 14.3 Å². The highest BCUT2D eigenvalue weighted by Gasteiger charge is 2.08. The summed E-state index contributed by atoms with van der Waals surface area (Å²) in [4.78, 5) is 17.7. The van der Waals surface area contributed by atoms with Crippen molar-refractivity contribution in [3.05, 3.63) is 42.5 Å². The van der Waals surface area contributed by atoms with Crippen molar-refractivity contribution in [2.75, 3.05) is 25.3 Å². The largest absolute Gasteiger partial charge is 0.497 e. The summed E-state index contributed by atoms with van der Waals surface area (Å²) < 4.78 is 11.3. The van der Waals surface area contributed by atoms with E-state index in [0.717, 1.165) is 33.9 Å². The number of hydrogen-bond donors (Lipinski definition) is 1. The highest BCUT2D eigenvalue weighted by atomic mass is 32.2. The van der Waals surface area contributed by atoms with Crippen LogP contribution in [0.3, 0.4) is 0 Å². The van der Waals surface area contributed by atoms with Gasteiger partial charge in [-0.25, -0.2) is 4.98 Å². The van der Waals surface area contributed by atoms with Crippen LogP contribution in [0, 0.1) is 0 Å². The van der Waals surface area contributed by atoms with Gasteiger partial charge in [0.1, 0.15) is 11.5 Å². The molecule has 0 spiro atoms. The first-order valence-corrected chi connectivity index (χ1v) is 9.99. The maximum absolute atomic E-state index is 12.1. The third-order valence-corrected chi connectivity index (χ3v) is 5.75. The number of hydrogen-bond acceptors (Lipinski definition) is 6. The summed E-state index contributed by atoms with van der Waals surface area (Å²) >= 11 is 3.19. The number of methoxy groups -OCH3 is 2. The summed E-state index contributed by atoms with van der Waals surface area (Å²) in [6, 6.07) is 13.6. The maximum Gasteiger partial charge on any atom is 0.226 e. The smallest absolute Gasteiger partial charge is 0.226 e. The molecule has 1 aromatic heterocycles. The zero-order chi connectivity index (χ0) is 18.4. The van der Waals surface area contributed by atoms with Crippen LogP contribution >= 0.6 is 23.1 Å². The lowest BCUT2D eigenvalue weighted by Crippen LogP contribution is -2.11. The summed E-state index contributed by atoms with van der Waals surface area (Å²) in [7, 11) is 3.29. The first-order chi connectivity index (χ1) is 12.7. The highest BCUT2D eigenvalue weighted by molar-refractivity contribution is 7.99. The Morgan fingerprint density at radius 2 is 1.85 bits per heavy atom. The van der Waals surface area contributed by atoms with Gasteiger partial charge in [0.05, 0.1) is 24.4 Å². The first kappa shape index (κ1) is 18.5. The van der Waals surface area contributed by atoms with Gasteiger partial charge >= 0.3 is 0 Å². The SMILES string of the molecule is COc1ccc(SCCCC(=O)Nc2nc3ccc(OC)cc3s2)cc1. The van der Waals surface area contributed by atoms with Gasteiger partial charge in [-0.2, -0.15) is 0 Å². The molecule has 1 heterocycles. The minimum Gasteiger partial charge on any atom is -0.497 e. The van der Waals surface area contributed by atoms with Crippen LogP contribution < -0.4 is 14.8 Å². The molecule has 0 saturated heterocycles. The molecule has 0 saturated carbocycles. The Hall–Kier alpha value is -2.25. The standard InChI is InChI=1S/C19H20N2O3S2/c1-23-13-5-8-15(9-6-13)25-11-3-4-18(22)21-19-20-16-10-7-14(24-2)12-17(16)26-19/h5-10,12H,3-4,11H2,1-2H3,(H,20,21,22). The third kappa shape index (κ3) is 4.89. The second kappa shape index (κ2) is 8.91. The molecule has 0 radical (unpaired) electrons. The van der Waals surface area contributed by atoms with E-state index < -0.39 is 0 Å². The van der Waals surface area contributed by atoms with Crippen molar-refractivity contribution in [2.45, 2.75) is 17.7 Å². The van der Waals surface area contributed by atoms with Crippen LogP contribution in [0.15, 0.2) is 47.4 Å². The van der Waals surface area contributed by atoms with E-state index in [9.17, 15) is 4.79 Å². The van der Waals surface area contributed by atoms with Crippen molar-refractivity contribution in [3.63, 3.8) is 0 Å². The number of thiazole rings is 1. The summed E-state index contributed by atoms with van der Waals surface area (Å²) in [5, 5.41) is 3.51. The molecule has 0 fully saturated rings. The zero-order valence-corrected chi connectivity index (χ0v) is 16.3. The summed E-state index contributed by atoms with van der Waals surface area (Å²) in [6.07, 6.45) is 1.28. The number of amides is 1. The van der Waals surface area contributed by atoms with Crippen molar-refractivity contribution in [1.82, 2.24) is 4.98 Å². The number of nitrogens with zero attached hydrogens (tertiary/aromatic N) is 1. The van der Waals surface area contributed by atoms with Gasteiger partial charge in [-0.3, -0.25) is 4.79 Å². The van der Waals surface area contributed by atoms with Crippen LogP contribution in [-0.2, 0) is 4.79 Å². The number of anilines is 1. The average Bonchev–Trinajstić information content (AvgIpc) is 3.06. The van der Waals surface area contributed by atoms with E-state index in [1.807, 2.05) is 42.5 Å². The number of carbonyl (C=O) groups is 1. The molecule has 7 heteroatoms. The second-order valence-electron chi connectivity index (χ2n) is 5.53. The van der Waals surface area contributed by atoms with E-state index in [4.69, 9.17) is 9.47 Å². The predicted octanol–water partition coefficient (Wildman–Crippen LogP) is 4.82. The van der Waals surface area contributed by atoms with E-state index in [-0.39, 0.29) is 5.91 Å². The minimum absolute atomic E-state index is 0.00801. The summed E-state index contributed by atoms with van der Waals surface area (Å²) in [6.45, 7) is 0. The number of thioether (sulfide) groups is 1. The molecule has 1 N–H and O–H groups in total. The van der Waals surface area contributed by atoms with Gasteiger partial charge in [-0.05, 0) is 54.6 Å². The maximum atomic E-state index is 12.1. The van der Waals surface area contributed by atoms with Crippen molar-refractivity contribution >= 4 is 44.4 Å². The van der Waals surface area contributed by atoms with Crippen LogP contribution in [0.2, 0.25) is 0 Å². The van der Waals surface area contributed by atoms with E-state index in [1.165, 1.54) is 16.2 Å². The predicted molar refractivity (Wildman–Crippen MR) is 108 cm³/mol. The van der Waals surface area contributed by atoms with Crippen LogP contribution in [0.4, 0.5) is 5.13 Å². The molecule has 0 aliphatic rings.